The van der Waals surface area contributed by atoms with E-state index >= 15 is 0 Å². The van der Waals surface area contributed by atoms with E-state index in [4.69, 9.17) is 4.74 Å². The van der Waals surface area contributed by atoms with E-state index in [2.05, 4.69) is 15.3 Å². The van der Waals surface area contributed by atoms with Gasteiger partial charge in [-0.15, -0.1) is 0 Å². The highest BCUT2D eigenvalue weighted by Crippen LogP contribution is 2.33. The zero-order valence-corrected chi connectivity index (χ0v) is 13.4. The topological polar surface area (TPSA) is 93.4 Å². The maximum absolute atomic E-state index is 11.5. The first kappa shape index (κ1) is 16.0. The Hall–Kier alpha value is -2.90. The van der Waals surface area contributed by atoms with Crippen molar-refractivity contribution in [3.05, 3.63) is 46.3 Å². The molecule has 0 saturated carbocycles. The smallest absolute Gasteiger partial charge is 0.353 e. The average Bonchev–Trinajstić information content (AvgIpc) is 3.14. The third-order valence-corrected chi connectivity index (χ3v) is 4.01. The SMILES string of the molecule is COc1ccc(CNc2ncnc(N3CCCC3)c2[N+](=O)[O-])cc1. The number of rotatable bonds is 6. The standard InChI is InChI=1S/C16H19N5O3/c1-24-13-6-4-12(5-7-13)10-17-15-14(21(22)23)16(19-11-18-15)20-8-2-3-9-20/h4-7,11H,2-3,8-10H2,1H3,(H,17,18,19). The highest BCUT2D eigenvalue weighted by atomic mass is 16.6. The van der Waals surface area contributed by atoms with Gasteiger partial charge in [0.05, 0.1) is 12.0 Å². The molecule has 0 aliphatic carbocycles. The molecular formula is C16H19N5O3. The lowest BCUT2D eigenvalue weighted by molar-refractivity contribution is -0.383. The van der Waals surface area contributed by atoms with Gasteiger partial charge in [0.1, 0.15) is 12.1 Å². The van der Waals surface area contributed by atoms with E-state index in [-0.39, 0.29) is 11.5 Å². The van der Waals surface area contributed by atoms with Gasteiger partial charge in [-0.2, -0.15) is 0 Å². The minimum Gasteiger partial charge on any atom is -0.497 e. The molecule has 0 amide bonds. The minimum absolute atomic E-state index is 0.0621. The van der Waals surface area contributed by atoms with E-state index in [1.807, 2.05) is 29.2 Å². The zero-order valence-electron chi connectivity index (χ0n) is 13.4. The molecule has 2 aromatic rings. The number of anilines is 2. The summed E-state index contributed by atoms with van der Waals surface area (Å²) in [5.74, 6) is 1.40. The minimum atomic E-state index is -0.413. The van der Waals surface area contributed by atoms with Crippen molar-refractivity contribution >= 4 is 17.3 Å². The van der Waals surface area contributed by atoms with E-state index in [0.717, 1.165) is 37.2 Å². The summed E-state index contributed by atoms with van der Waals surface area (Å²) in [6, 6.07) is 7.50. The molecule has 3 rings (SSSR count). The number of nitrogens with zero attached hydrogens (tertiary/aromatic N) is 4. The number of aromatic nitrogens is 2. The molecule has 0 atom stereocenters. The molecule has 0 radical (unpaired) electrons. The molecule has 1 aliphatic heterocycles. The van der Waals surface area contributed by atoms with Gasteiger partial charge in [-0.3, -0.25) is 10.1 Å². The van der Waals surface area contributed by atoms with Gasteiger partial charge in [0.25, 0.3) is 0 Å². The average molecular weight is 329 g/mol. The van der Waals surface area contributed by atoms with Crippen LogP contribution in [0.2, 0.25) is 0 Å². The molecule has 126 valence electrons. The Labute approximate surface area is 139 Å². The molecule has 1 fully saturated rings. The van der Waals surface area contributed by atoms with Crippen LogP contribution in [0, 0.1) is 10.1 Å². The summed E-state index contributed by atoms with van der Waals surface area (Å²) >= 11 is 0. The second kappa shape index (κ2) is 7.12. The summed E-state index contributed by atoms with van der Waals surface area (Å²) in [5.41, 5.74) is 0.916. The Morgan fingerprint density at radius 2 is 1.96 bits per heavy atom. The maximum atomic E-state index is 11.5. The molecule has 1 aliphatic rings. The maximum Gasteiger partial charge on any atom is 0.353 e. The normalized spacial score (nSPS) is 13.8. The van der Waals surface area contributed by atoms with Crippen LogP contribution in [0.4, 0.5) is 17.3 Å². The van der Waals surface area contributed by atoms with Gasteiger partial charge >= 0.3 is 5.69 Å². The van der Waals surface area contributed by atoms with E-state index in [1.54, 1.807) is 7.11 Å². The van der Waals surface area contributed by atoms with Crippen molar-refractivity contribution in [3.8, 4) is 5.75 Å². The lowest BCUT2D eigenvalue weighted by Crippen LogP contribution is -2.21. The van der Waals surface area contributed by atoms with Crippen LogP contribution in [0.5, 0.6) is 5.75 Å². The molecule has 8 heteroatoms. The number of nitro groups is 1. The predicted molar refractivity (Wildman–Crippen MR) is 90.5 cm³/mol. The lowest BCUT2D eigenvalue weighted by Gasteiger charge is -2.17. The molecular weight excluding hydrogens is 310 g/mol. The number of hydrogen-bond acceptors (Lipinski definition) is 7. The fourth-order valence-electron chi connectivity index (χ4n) is 2.76. The van der Waals surface area contributed by atoms with Gasteiger partial charge in [-0.05, 0) is 30.5 Å². The van der Waals surface area contributed by atoms with Crippen LogP contribution >= 0.6 is 0 Å². The Morgan fingerprint density at radius 1 is 1.25 bits per heavy atom. The molecule has 0 spiro atoms. The Bertz CT molecular complexity index is 714. The van der Waals surface area contributed by atoms with E-state index in [1.165, 1.54) is 6.33 Å². The molecule has 0 bridgehead atoms. The van der Waals surface area contributed by atoms with Crippen LogP contribution in [0.25, 0.3) is 0 Å². The number of hydrogen-bond donors (Lipinski definition) is 1. The molecule has 2 heterocycles. The fourth-order valence-corrected chi connectivity index (χ4v) is 2.76. The van der Waals surface area contributed by atoms with E-state index < -0.39 is 4.92 Å². The summed E-state index contributed by atoms with van der Waals surface area (Å²) in [6.07, 6.45) is 3.42. The van der Waals surface area contributed by atoms with Gasteiger partial charge in [0, 0.05) is 19.6 Å². The second-order valence-electron chi connectivity index (χ2n) is 5.55. The summed E-state index contributed by atoms with van der Waals surface area (Å²) in [5, 5.41) is 14.6. The first-order valence-corrected chi connectivity index (χ1v) is 7.80. The first-order chi connectivity index (χ1) is 11.7. The van der Waals surface area contributed by atoms with Crippen molar-refractivity contribution in [3.63, 3.8) is 0 Å². The molecule has 1 saturated heterocycles. The number of benzene rings is 1. The number of ether oxygens (including phenoxy) is 1. The van der Waals surface area contributed by atoms with Crippen molar-refractivity contribution in [2.75, 3.05) is 30.4 Å². The van der Waals surface area contributed by atoms with E-state index in [9.17, 15) is 10.1 Å². The van der Waals surface area contributed by atoms with Gasteiger partial charge in [0.2, 0.25) is 11.6 Å². The Balaban J connectivity index is 1.81. The monoisotopic (exact) mass is 329 g/mol. The van der Waals surface area contributed by atoms with Crippen LogP contribution in [-0.4, -0.2) is 35.1 Å². The van der Waals surface area contributed by atoms with Crippen molar-refractivity contribution in [1.82, 2.24) is 9.97 Å². The summed E-state index contributed by atoms with van der Waals surface area (Å²) in [4.78, 5) is 21.3. The highest BCUT2D eigenvalue weighted by Gasteiger charge is 2.28. The van der Waals surface area contributed by atoms with Crippen molar-refractivity contribution in [2.45, 2.75) is 19.4 Å². The van der Waals surface area contributed by atoms with Crippen molar-refractivity contribution in [1.29, 1.82) is 0 Å². The highest BCUT2D eigenvalue weighted by molar-refractivity contribution is 5.70. The lowest BCUT2D eigenvalue weighted by atomic mass is 10.2. The van der Waals surface area contributed by atoms with Crippen LogP contribution in [0.15, 0.2) is 30.6 Å². The third-order valence-electron chi connectivity index (χ3n) is 4.01. The molecule has 1 aromatic heterocycles. The first-order valence-electron chi connectivity index (χ1n) is 7.80. The van der Waals surface area contributed by atoms with Crippen LogP contribution in [0.3, 0.4) is 0 Å². The van der Waals surface area contributed by atoms with Gasteiger partial charge in [0.15, 0.2) is 0 Å². The summed E-state index contributed by atoms with van der Waals surface area (Å²) in [7, 11) is 1.61. The fraction of sp³-hybridized carbons (Fsp3) is 0.375. The summed E-state index contributed by atoms with van der Waals surface area (Å²) in [6.45, 7) is 2.01. The molecule has 1 N–H and O–H groups in total. The molecule has 24 heavy (non-hydrogen) atoms. The largest absolute Gasteiger partial charge is 0.497 e. The van der Waals surface area contributed by atoms with Crippen molar-refractivity contribution < 1.29 is 9.66 Å². The van der Waals surface area contributed by atoms with Crippen LogP contribution in [-0.2, 0) is 6.54 Å². The van der Waals surface area contributed by atoms with Gasteiger partial charge < -0.3 is 15.0 Å². The molecule has 1 aromatic carbocycles. The number of nitrogens with one attached hydrogen (secondary N) is 1. The molecule has 8 nitrogen and oxygen atoms in total. The predicted octanol–water partition coefficient (Wildman–Crippen LogP) is 2.61. The van der Waals surface area contributed by atoms with Gasteiger partial charge in [-0.1, -0.05) is 12.1 Å². The Morgan fingerprint density at radius 3 is 2.58 bits per heavy atom. The second-order valence-corrected chi connectivity index (χ2v) is 5.55. The van der Waals surface area contributed by atoms with Crippen molar-refractivity contribution in [2.24, 2.45) is 0 Å². The molecule has 0 unspecified atom stereocenters. The Kier molecular flexibility index (Phi) is 4.74. The van der Waals surface area contributed by atoms with Crippen LogP contribution < -0.4 is 15.0 Å². The van der Waals surface area contributed by atoms with E-state index in [0.29, 0.717) is 12.4 Å². The zero-order chi connectivity index (χ0) is 16.9. The van der Waals surface area contributed by atoms with Crippen LogP contribution in [0.1, 0.15) is 18.4 Å². The third kappa shape index (κ3) is 3.37. The van der Waals surface area contributed by atoms with Gasteiger partial charge in [-0.25, -0.2) is 9.97 Å². The quantitative estimate of drug-likeness (QED) is 0.643. The summed E-state index contributed by atoms with van der Waals surface area (Å²) < 4.78 is 5.12. The number of methoxy groups -OCH3 is 1.